The second kappa shape index (κ2) is 3.53. The number of rotatable bonds is 2. The monoisotopic (exact) mass is 221 g/mol. The predicted molar refractivity (Wildman–Crippen MR) is 49.4 cm³/mol. The molecule has 6 heteroatoms. The van der Waals surface area contributed by atoms with Gasteiger partial charge in [0.1, 0.15) is 4.90 Å². The molecule has 0 atom stereocenters. The van der Waals surface area contributed by atoms with E-state index in [-0.39, 0.29) is 15.7 Å². The van der Waals surface area contributed by atoms with Crippen LogP contribution in [0.3, 0.4) is 0 Å². The molecule has 1 aromatic carbocycles. The minimum atomic E-state index is -3.78. The van der Waals surface area contributed by atoms with Crippen LogP contribution in [0.4, 0.5) is 0 Å². The maximum Gasteiger partial charge on any atom is 0.241 e. The molecule has 0 spiro atoms. The molecular formula is C7H8ClNO3S. The molecule has 2 N–H and O–H groups in total. The van der Waals surface area contributed by atoms with E-state index in [1.807, 2.05) is 0 Å². The highest BCUT2D eigenvalue weighted by Crippen LogP contribution is 2.30. The van der Waals surface area contributed by atoms with Gasteiger partial charge in [0.05, 0.1) is 12.1 Å². The number of hydrogen-bond acceptors (Lipinski definition) is 3. The van der Waals surface area contributed by atoms with Crippen LogP contribution in [-0.4, -0.2) is 15.5 Å². The Bertz CT molecular complexity index is 416. The van der Waals surface area contributed by atoms with Gasteiger partial charge < -0.3 is 4.74 Å². The first kappa shape index (κ1) is 10.3. The molecule has 0 aliphatic carbocycles. The first-order valence-electron chi connectivity index (χ1n) is 3.32. The first-order chi connectivity index (χ1) is 5.96. The molecule has 4 nitrogen and oxygen atoms in total. The number of ether oxygens (including phenoxy) is 1. The first-order valence-corrected chi connectivity index (χ1v) is 5.24. The molecule has 0 radical (unpaired) electrons. The number of nitrogens with two attached hydrogens (primary N) is 1. The Morgan fingerprint density at radius 3 is 2.46 bits per heavy atom. The summed E-state index contributed by atoms with van der Waals surface area (Å²) in [4.78, 5) is -0.109. The largest absolute Gasteiger partial charge is 0.494 e. The third-order valence-electron chi connectivity index (χ3n) is 1.44. The number of benzene rings is 1. The van der Waals surface area contributed by atoms with Crippen LogP contribution in [0.1, 0.15) is 0 Å². The Morgan fingerprint density at radius 2 is 2.08 bits per heavy atom. The van der Waals surface area contributed by atoms with E-state index in [9.17, 15) is 8.42 Å². The van der Waals surface area contributed by atoms with Crippen molar-refractivity contribution in [3.8, 4) is 5.75 Å². The average Bonchev–Trinajstić information content (AvgIpc) is 2.02. The van der Waals surface area contributed by atoms with E-state index in [0.717, 1.165) is 0 Å². The van der Waals surface area contributed by atoms with Crippen LogP contribution >= 0.6 is 11.6 Å². The van der Waals surface area contributed by atoms with Gasteiger partial charge in [-0.3, -0.25) is 0 Å². The van der Waals surface area contributed by atoms with Crippen molar-refractivity contribution in [3.05, 3.63) is 23.2 Å². The number of sulfonamides is 1. The molecule has 0 amide bonds. The molecule has 0 heterocycles. The van der Waals surface area contributed by atoms with Crippen molar-refractivity contribution >= 4 is 21.6 Å². The van der Waals surface area contributed by atoms with E-state index >= 15 is 0 Å². The standard InChI is InChI=1S/C7H8ClNO3S/c1-12-7-5(8)3-2-4-6(7)13(9,10)11/h2-4H,1H3,(H2,9,10,11). The topological polar surface area (TPSA) is 69.4 Å². The fourth-order valence-corrected chi connectivity index (χ4v) is 1.94. The van der Waals surface area contributed by atoms with E-state index in [4.69, 9.17) is 21.5 Å². The Kier molecular flexibility index (Phi) is 2.80. The van der Waals surface area contributed by atoms with Crippen LogP contribution in [0.25, 0.3) is 0 Å². The zero-order valence-electron chi connectivity index (χ0n) is 6.82. The number of methoxy groups -OCH3 is 1. The maximum absolute atomic E-state index is 11.0. The van der Waals surface area contributed by atoms with Crippen molar-refractivity contribution < 1.29 is 13.2 Å². The quantitative estimate of drug-likeness (QED) is 0.810. The van der Waals surface area contributed by atoms with E-state index < -0.39 is 10.0 Å². The summed E-state index contributed by atoms with van der Waals surface area (Å²) in [5, 5.41) is 5.15. The van der Waals surface area contributed by atoms with E-state index in [1.54, 1.807) is 0 Å². The van der Waals surface area contributed by atoms with Gasteiger partial charge in [-0.25, -0.2) is 13.6 Å². The Balaban J connectivity index is 3.47. The van der Waals surface area contributed by atoms with E-state index in [1.165, 1.54) is 25.3 Å². The van der Waals surface area contributed by atoms with E-state index in [0.29, 0.717) is 0 Å². The summed E-state index contributed by atoms with van der Waals surface area (Å²) in [6.45, 7) is 0. The Labute approximate surface area is 81.3 Å². The van der Waals surface area contributed by atoms with Crippen LogP contribution in [0.2, 0.25) is 5.02 Å². The van der Waals surface area contributed by atoms with Crippen molar-refractivity contribution in [2.75, 3.05) is 7.11 Å². The van der Waals surface area contributed by atoms with Gasteiger partial charge in [0.25, 0.3) is 0 Å². The second-order valence-electron chi connectivity index (χ2n) is 2.32. The van der Waals surface area contributed by atoms with Crippen molar-refractivity contribution in [2.45, 2.75) is 4.90 Å². The van der Waals surface area contributed by atoms with Gasteiger partial charge in [0, 0.05) is 0 Å². The summed E-state index contributed by atoms with van der Waals surface area (Å²) in [5.74, 6) is 0.0756. The van der Waals surface area contributed by atoms with Crippen molar-refractivity contribution in [2.24, 2.45) is 5.14 Å². The van der Waals surface area contributed by atoms with Crippen molar-refractivity contribution in [1.29, 1.82) is 0 Å². The molecular weight excluding hydrogens is 214 g/mol. The molecule has 0 aliphatic rings. The molecule has 0 saturated heterocycles. The smallest absolute Gasteiger partial charge is 0.241 e. The lowest BCUT2D eigenvalue weighted by Gasteiger charge is -2.07. The highest BCUT2D eigenvalue weighted by Gasteiger charge is 2.16. The molecule has 0 bridgehead atoms. The summed E-state index contributed by atoms with van der Waals surface area (Å²) in [6, 6.07) is 4.35. The van der Waals surface area contributed by atoms with Crippen molar-refractivity contribution in [1.82, 2.24) is 0 Å². The van der Waals surface area contributed by atoms with Crippen LogP contribution in [-0.2, 0) is 10.0 Å². The Hall–Kier alpha value is -0.780. The molecule has 1 rings (SSSR count). The highest BCUT2D eigenvalue weighted by molar-refractivity contribution is 7.89. The molecule has 0 fully saturated rings. The van der Waals surface area contributed by atoms with Gasteiger partial charge in [0.2, 0.25) is 10.0 Å². The molecule has 1 aromatic rings. The lowest BCUT2D eigenvalue weighted by Crippen LogP contribution is -2.13. The maximum atomic E-state index is 11.0. The Morgan fingerprint density at radius 1 is 1.46 bits per heavy atom. The number of hydrogen-bond donors (Lipinski definition) is 1. The lowest BCUT2D eigenvalue weighted by atomic mass is 10.3. The molecule has 0 unspecified atom stereocenters. The van der Waals surface area contributed by atoms with Crippen LogP contribution in [0, 0.1) is 0 Å². The summed E-state index contributed by atoms with van der Waals surface area (Å²) in [5.41, 5.74) is 0. The summed E-state index contributed by atoms with van der Waals surface area (Å²) in [7, 11) is -2.45. The zero-order chi connectivity index (χ0) is 10.1. The van der Waals surface area contributed by atoms with E-state index in [2.05, 4.69) is 0 Å². The molecule has 72 valence electrons. The summed E-state index contributed by atoms with van der Waals surface area (Å²) in [6.07, 6.45) is 0. The third-order valence-corrected chi connectivity index (χ3v) is 2.67. The van der Waals surface area contributed by atoms with Crippen molar-refractivity contribution in [3.63, 3.8) is 0 Å². The van der Waals surface area contributed by atoms with Gasteiger partial charge in [0.15, 0.2) is 5.75 Å². The zero-order valence-corrected chi connectivity index (χ0v) is 8.39. The van der Waals surface area contributed by atoms with Gasteiger partial charge in [-0.05, 0) is 12.1 Å². The fraction of sp³-hybridized carbons (Fsp3) is 0.143. The third kappa shape index (κ3) is 2.12. The van der Waals surface area contributed by atoms with Crippen LogP contribution < -0.4 is 9.88 Å². The number of primary sulfonamides is 1. The summed E-state index contributed by atoms with van der Waals surface area (Å²) >= 11 is 5.69. The second-order valence-corrected chi connectivity index (χ2v) is 4.25. The minimum Gasteiger partial charge on any atom is -0.494 e. The van der Waals surface area contributed by atoms with Gasteiger partial charge in [-0.2, -0.15) is 0 Å². The molecule has 13 heavy (non-hydrogen) atoms. The number of halogens is 1. The molecule has 0 saturated carbocycles. The molecule has 0 aromatic heterocycles. The van der Waals surface area contributed by atoms with Gasteiger partial charge >= 0.3 is 0 Å². The van der Waals surface area contributed by atoms with Gasteiger partial charge in [-0.1, -0.05) is 17.7 Å². The lowest BCUT2D eigenvalue weighted by molar-refractivity contribution is 0.403. The molecule has 0 aliphatic heterocycles. The predicted octanol–water partition coefficient (Wildman–Crippen LogP) is 0.996. The average molecular weight is 222 g/mol. The minimum absolute atomic E-state index is 0.0756. The van der Waals surface area contributed by atoms with Crippen LogP contribution in [0.15, 0.2) is 23.1 Å². The number of para-hydroxylation sites is 1. The summed E-state index contributed by atoms with van der Waals surface area (Å²) < 4.78 is 26.8. The van der Waals surface area contributed by atoms with Crippen LogP contribution in [0.5, 0.6) is 5.75 Å². The van der Waals surface area contributed by atoms with Gasteiger partial charge in [-0.15, -0.1) is 0 Å². The fourth-order valence-electron chi connectivity index (χ4n) is 0.911. The SMILES string of the molecule is COc1c(Cl)cccc1S(N)(=O)=O. The highest BCUT2D eigenvalue weighted by atomic mass is 35.5. The normalized spacial score (nSPS) is 11.3.